The number of phenolic OH excluding ortho intramolecular Hbond substituents is 1. The summed E-state index contributed by atoms with van der Waals surface area (Å²) in [4.78, 5) is 35.5. The molecule has 0 aliphatic carbocycles. The summed E-state index contributed by atoms with van der Waals surface area (Å²) >= 11 is 0. The number of nitrogens with one attached hydrogen (secondary N) is 4. The van der Waals surface area contributed by atoms with E-state index in [9.17, 15) is 19.5 Å². The lowest BCUT2D eigenvalue weighted by molar-refractivity contribution is -0.130. The molecule has 8 nitrogen and oxygen atoms in total. The third kappa shape index (κ3) is 7.10. The number of aromatic hydroxyl groups is 1. The largest absolute Gasteiger partial charge is 0.508 e. The van der Waals surface area contributed by atoms with Crippen molar-refractivity contribution in [2.75, 3.05) is 26.7 Å². The van der Waals surface area contributed by atoms with Gasteiger partial charge in [-0.15, -0.1) is 0 Å². The number of hydrogen-bond acceptors (Lipinski definition) is 5. The maximum absolute atomic E-state index is 12.3. The number of likely N-dealkylation sites (N-methyl/N-ethyl adjacent to an activating group) is 2. The van der Waals surface area contributed by atoms with E-state index in [0.717, 1.165) is 5.56 Å². The van der Waals surface area contributed by atoms with Crippen LogP contribution in [-0.2, 0) is 20.8 Å². The summed E-state index contributed by atoms with van der Waals surface area (Å²) in [6.07, 6.45) is 0.247. The standard InChI is InChI=1S/C16H24N4O4/c1-3-18-14(22)10-19-16(24)13(20-15(23)9-17-2)8-11-4-6-12(21)7-5-11/h4-7,13,17,21H,3,8-10H2,1-2H3,(H,18,22)(H,19,24)(H,20,23). The fourth-order valence-electron chi connectivity index (χ4n) is 2.03. The van der Waals surface area contributed by atoms with Gasteiger partial charge in [0.05, 0.1) is 13.1 Å². The highest BCUT2D eigenvalue weighted by molar-refractivity contribution is 5.91. The van der Waals surface area contributed by atoms with E-state index in [-0.39, 0.29) is 37.1 Å². The smallest absolute Gasteiger partial charge is 0.243 e. The maximum atomic E-state index is 12.3. The molecular formula is C16H24N4O4. The Balaban J connectivity index is 2.72. The average molecular weight is 336 g/mol. The highest BCUT2D eigenvalue weighted by atomic mass is 16.3. The van der Waals surface area contributed by atoms with Gasteiger partial charge in [-0.25, -0.2) is 0 Å². The van der Waals surface area contributed by atoms with Crippen LogP contribution in [0.3, 0.4) is 0 Å². The molecule has 0 radical (unpaired) electrons. The summed E-state index contributed by atoms with van der Waals surface area (Å²) in [5.74, 6) is -0.945. The second kappa shape index (κ2) is 10.2. The quantitative estimate of drug-likeness (QED) is 0.392. The van der Waals surface area contributed by atoms with Crippen LogP contribution >= 0.6 is 0 Å². The van der Waals surface area contributed by atoms with Crippen LogP contribution in [0.25, 0.3) is 0 Å². The molecule has 0 saturated heterocycles. The maximum Gasteiger partial charge on any atom is 0.243 e. The molecule has 132 valence electrons. The van der Waals surface area contributed by atoms with Gasteiger partial charge >= 0.3 is 0 Å². The minimum absolute atomic E-state index is 0.0790. The van der Waals surface area contributed by atoms with E-state index in [1.165, 1.54) is 12.1 Å². The Hall–Kier alpha value is -2.61. The van der Waals surface area contributed by atoms with E-state index in [1.54, 1.807) is 26.1 Å². The van der Waals surface area contributed by atoms with Crippen molar-refractivity contribution in [3.63, 3.8) is 0 Å². The predicted molar refractivity (Wildman–Crippen MR) is 89.4 cm³/mol. The van der Waals surface area contributed by atoms with Gasteiger partial charge < -0.3 is 26.4 Å². The number of carbonyl (C=O) groups is 3. The first-order valence-electron chi connectivity index (χ1n) is 7.72. The van der Waals surface area contributed by atoms with Crippen molar-refractivity contribution in [2.24, 2.45) is 0 Å². The third-order valence-electron chi connectivity index (χ3n) is 3.16. The molecule has 0 fully saturated rings. The molecule has 1 aromatic carbocycles. The molecule has 24 heavy (non-hydrogen) atoms. The molecule has 0 aliphatic heterocycles. The summed E-state index contributed by atoms with van der Waals surface area (Å²) in [7, 11) is 1.63. The molecule has 0 bridgehead atoms. The Morgan fingerprint density at radius 2 is 1.71 bits per heavy atom. The monoisotopic (exact) mass is 336 g/mol. The Labute approximate surface area is 141 Å². The topological polar surface area (TPSA) is 120 Å². The van der Waals surface area contributed by atoms with Crippen LogP contribution in [-0.4, -0.2) is 55.6 Å². The zero-order valence-corrected chi connectivity index (χ0v) is 13.9. The van der Waals surface area contributed by atoms with Crippen LogP contribution in [0.4, 0.5) is 0 Å². The van der Waals surface area contributed by atoms with Crippen molar-refractivity contribution in [1.82, 2.24) is 21.3 Å². The van der Waals surface area contributed by atoms with E-state index >= 15 is 0 Å². The lowest BCUT2D eigenvalue weighted by Crippen LogP contribution is -2.51. The molecule has 1 unspecified atom stereocenters. The second-order valence-electron chi connectivity index (χ2n) is 5.19. The van der Waals surface area contributed by atoms with Crippen LogP contribution in [0.2, 0.25) is 0 Å². The van der Waals surface area contributed by atoms with Gasteiger partial charge in [0.15, 0.2) is 0 Å². The molecule has 0 aromatic heterocycles. The van der Waals surface area contributed by atoms with Gasteiger partial charge in [-0.1, -0.05) is 12.1 Å². The van der Waals surface area contributed by atoms with Crippen molar-refractivity contribution in [3.8, 4) is 5.75 Å². The Morgan fingerprint density at radius 3 is 2.29 bits per heavy atom. The zero-order chi connectivity index (χ0) is 17.9. The van der Waals surface area contributed by atoms with Crippen LogP contribution < -0.4 is 21.3 Å². The first-order chi connectivity index (χ1) is 11.5. The molecule has 0 heterocycles. The van der Waals surface area contributed by atoms with Gasteiger partial charge in [-0.05, 0) is 31.7 Å². The summed E-state index contributed by atoms with van der Waals surface area (Å²) in [5, 5.41) is 19.7. The van der Waals surface area contributed by atoms with Gasteiger partial charge in [0.1, 0.15) is 11.8 Å². The van der Waals surface area contributed by atoms with Gasteiger partial charge in [0.2, 0.25) is 17.7 Å². The minimum atomic E-state index is -0.815. The lowest BCUT2D eigenvalue weighted by atomic mass is 10.0. The normalized spacial score (nSPS) is 11.4. The lowest BCUT2D eigenvalue weighted by Gasteiger charge is -2.18. The molecule has 1 atom stereocenters. The minimum Gasteiger partial charge on any atom is -0.508 e. The van der Waals surface area contributed by atoms with E-state index in [0.29, 0.717) is 6.54 Å². The molecule has 8 heteroatoms. The molecule has 0 saturated carbocycles. The number of benzene rings is 1. The summed E-state index contributed by atoms with van der Waals surface area (Å²) in [6, 6.07) is 5.54. The van der Waals surface area contributed by atoms with Crippen LogP contribution in [0.15, 0.2) is 24.3 Å². The van der Waals surface area contributed by atoms with E-state index < -0.39 is 11.9 Å². The molecule has 3 amide bonds. The third-order valence-corrected chi connectivity index (χ3v) is 3.16. The highest BCUT2D eigenvalue weighted by Crippen LogP contribution is 2.11. The average Bonchev–Trinajstić information content (AvgIpc) is 2.54. The zero-order valence-electron chi connectivity index (χ0n) is 13.9. The van der Waals surface area contributed by atoms with Crippen molar-refractivity contribution in [2.45, 2.75) is 19.4 Å². The number of amides is 3. The van der Waals surface area contributed by atoms with Crippen molar-refractivity contribution < 1.29 is 19.5 Å². The molecule has 1 rings (SSSR count). The number of phenols is 1. The molecular weight excluding hydrogens is 312 g/mol. The molecule has 5 N–H and O–H groups in total. The fraction of sp³-hybridized carbons (Fsp3) is 0.438. The van der Waals surface area contributed by atoms with Gasteiger partial charge in [0.25, 0.3) is 0 Å². The summed E-state index contributed by atoms with van der Waals surface area (Å²) in [5.41, 5.74) is 0.774. The molecule has 1 aromatic rings. The Bertz CT molecular complexity index is 560. The van der Waals surface area contributed by atoms with Crippen molar-refractivity contribution >= 4 is 17.7 Å². The first-order valence-corrected chi connectivity index (χ1v) is 7.72. The van der Waals surface area contributed by atoms with E-state index in [1.807, 2.05) is 0 Å². The van der Waals surface area contributed by atoms with Gasteiger partial charge in [-0.2, -0.15) is 0 Å². The summed E-state index contributed by atoms with van der Waals surface area (Å²) < 4.78 is 0. The van der Waals surface area contributed by atoms with E-state index in [2.05, 4.69) is 21.3 Å². The van der Waals surface area contributed by atoms with Crippen LogP contribution in [0.5, 0.6) is 5.75 Å². The predicted octanol–water partition coefficient (Wildman–Crippen LogP) is -1.11. The van der Waals surface area contributed by atoms with Crippen molar-refractivity contribution in [3.05, 3.63) is 29.8 Å². The fourth-order valence-corrected chi connectivity index (χ4v) is 2.03. The Morgan fingerprint density at radius 1 is 1.04 bits per heavy atom. The number of carbonyl (C=O) groups excluding carboxylic acids is 3. The van der Waals surface area contributed by atoms with Crippen LogP contribution in [0.1, 0.15) is 12.5 Å². The Kier molecular flexibility index (Phi) is 8.28. The first kappa shape index (κ1) is 19.4. The van der Waals surface area contributed by atoms with Crippen molar-refractivity contribution in [1.29, 1.82) is 0 Å². The number of hydrogen-bond donors (Lipinski definition) is 5. The van der Waals surface area contributed by atoms with Gasteiger partial charge in [-0.3, -0.25) is 14.4 Å². The highest BCUT2D eigenvalue weighted by Gasteiger charge is 2.21. The van der Waals surface area contributed by atoms with Crippen LogP contribution in [0, 0.1) is 0 Å². The molecule has 0 aliphatic rings. The second-order valence-corrected chi connectivity index (χ2v) is 5.19. The SMILES string of the molecule is CCNC(=O)CNC(=O)C(Cc1ccc(O)cc1)NC(=O)CNC. The van der Waals surface area contributed by atoms with E-state index in [4.69, 9.17) is 0 Å². The van der Waals surface area contributed by atoms with Gasteiger partial charge in [0, 0.05) is 13.0 Å². The molecule has 0 spiro atoms. The number of rotatable bonds is 9. The summed E-state index contributed by atoms with van der Waals surface area (Å²) in [6.45, 7) is 2.19.